The zero-order chi connectivity index (χ0) is 20.3. The standard InChI is InChI=1S/C24H28N2O3/c1-14(2)15-4-5-22(29-3)18(11-15)17-10-16-6-9-26-21-7-8-25(24(27)28)13-20(21)19(12-17)23(16)26/h4-5,10-12,14,20-21H,6-9,13H2,1-3H3,(H,27,28)/t20-,21-/m0/s1. The van der Waals surface area contributed by atoms with Crippen LogP contribution in [0.4, 0.5) is 10.5 Å². The van der Waals surface area contributed by atoms with E-state index in [1.165, 1.54) is 27.9 Å². The summed E-state index contributed by atoms with van der Waals surface area (Å²) in [7, 11) is 1.73. The molecule has 2 aromatic carbocycles. The van der Waals surface area contributed by atoms with E-state index in [-0.39, 0.29) is 5.92 Å². The Morgan fingerprint density at radius 3 is 2.76 bits per heavy atom. The highest BCUT2D eigenvalue weighted by atomic mass is 16.5. The molecule has 3 aliphatic rings. The van der Waals surface area contributed by atoms with Crippen molar-refractivity contribution in [1.82, 2.24) is 4.90 Å². The van der Waals surface area contributed by atoms with Gasteiger partial charge >= 0.3 is 6.09 Å². The Bertz CT molecular complexity index is 984. The van der Waals surface area contributed by atoms with E-state index in [4.69, 9.17) is 4.74 Å². The van der Waals surface area contributed by atoms with Crippen LogP contribution >= 0.6 is 0 Å². The second-order valence-electron chi connectivity index (χ2n) is 8.82. The van der Waals surface area contributed by atoms with Gasteiger partial charge < -0.3 is 19.6 Å². The van der Waals surface area contributed by atoms with E-state index in [0.717, 1.165) is 30.7 Å². The lowest BCUT2D eigenvalue weighted by atomic mass is 9.85. The first kappa shape index (κ1) is 18.3. The van der Waals surface area contributed by atoms with Gasteiger partial charge in [-0.1, -0.05) is 19.9 Å². The van der Waals surface area contributed by atoms with Crippen molar-refractivity contribution in [3.8, 4) is 16.9 Å². The van der Waals surface area contributed by atoms with Crippen molar-refractivity contribution in [2.75, 3.05) is 31.6 Å². The van der Waals surface area contributed by atoms with Crippen LogP contribution in [-0.2, 0) is 6.42 Å². The summed E-state index contributed by atoms with van der Waals surface area (Å²) in [6.07, 6.45) is 1.17. The molecule has 152 valence electrons. The van der Waals surface area contributed by atoms with Crippen molar-refractivity contribution in [2.24, 2.45) is 0 Å². The number of nitrogens with zero attached hydrogens (tertiary/aromatic N) is 2. The topological polar surface area (TPSA) is 53.0 Å². The molecule has 1 saturated heterocycles. The first-order valence-electron chi connectivity index (χ1n) is 10.6. The third-order valence-electron chi connectivity index (χ3n) is 6.98. The summed E-state index contributed by atoms with van der Waals surface area (Å²) in [5, 5.41) is 9.52. The largest absolute Gasteiger partial charge is 0.496 e. The van der Waals surface area contributed by atoms with Gasteiger partial charge in [0.25, 0.3) is 0 Å². The van der Waals surface area contributed by atoms with Crippen molar-refractivity contribution >= 4 is 11.8 Å². The smallest absolute Gasteiger partial charge is 0.407 e. The van der Waals surface area contributed by atoms with E-state index in [0.29, 0.717) is 25.0 Å². The Morgan fingerprint density at radius 1 is 1.21 bits per heavy atom. The van der Waals surface area contributed by atoms with Gasteiger partial charge in [-0.3, -0.25) is 0 Å². The fourth-order valence-corrected chi connectivity index (χ4v) is 5.48. The third-order valence-corrected chi connectivity index (χ3v) is 6.98. The number of anilines is 1. The molecule has 0 unspecified atom stereocenters. The number of benzene rings is 2. The summed E-state index contributed by atoms with van der Waals surface area (Å²) in [6, 6.07) is 11.5. The number of rotatable bonds is 3. The minimum atomic E-state index is -0.803. The number of carbonyl (C=O) groups is 1. The summed E-state index contributed by atoms with van der Waals surface area (Å²) in [6.45, 7) is 6.68. The number of ether oxygens (including phenoxy) is 1. The van der Waals surface area contributed by atoms with Crippen molar-refractivity contribution in [3.05, 3.63) is 47.0 Å². The number of hydrogen-bond acceptors (Lipinski definition) is 3. The van der Waals surface area contributed by atoms with Crippen LogP contribution in [0.2, 0.25) is 0 Å². The lowest BCUT2D eigenvalue weighted by molar-refractivity contribution is 0.127. The molecular weight excluding hydrogens is 364 g/mol. The van der Waals surface area contributed by atoms with Gasteiger partial charge in [-0.25, -0.2) is 4.79 Å². The maximum Gasteiger partial charge on any atom is 0.407 e. The van der Waals surface area contributed by atoms with E-state index >= 15 is 0 Å². The lowest BCUT2D eigenvalue weighted by Gasteiger charge is -2.37. The summed E-state index contributed by atoms with van der Waals surface area (Å²) >= 11 is 0. The molecule has 2 aromatic rings. The molecule has 3 aliphatic heterocycles. The van der Waals surface area contributed by atoms with Gasteiger partial charge in [0, 0.05) is 42.8 Å². The molecule has 5 nitrogen and oxygen atoms in total. The number of hydrogen-bond donors (Lipinski definition) is 1. The quantitative estimate of drug-likeness (QED) is 0.823. The summed E-state index contributed by atoms with van der Waals surface area (Å²) in [5.74, 6) is 1.60. The molecule has 5 rings (SSSR count). The van der Waals surface area contributed by atoms with Crippen LogP contribution in [0, 0.1) is 0 Å². The van der Waals surface area contributed by atoms with Crippen LogP contribution in [0.15, 0.2) is 30.3 Å². The van der Waals surface area contributed by atoms with Gasteiger partial charge in [0.1, 0.15) is 5.75 Å². The molecule has 0 bridgehead atoms. The molecule has 1 N–H and O–H groups in total. The maximum atomic E-state index is 11.6. The van der Waals surface area contributed by atoms with Crippen LogP contribution < -0.4 is 9.64 Å². The van der Waals surface area contributed by atoms with Crippen LogP contribution in [0.25, 0.3) is 11.1 Å². The number of piperidine rings is 1. The highest BCUT2D eigenvalue weighted by molar-refractivity contribution is 5.80. The van der Waals surface area contributed by atoms with Gasteiger partial charge in [0.15, 0.2) is 0 Å². The molecule has 29 heavy (non-hydrogen) atoms. The second kappa shape index (κ2) is 6.68. The normalized spacial score (nSPS) is 22.1. The number of carboxylic acid groups (broad SMARTS) is 1. The molecule has 3 heterocycles. The fraction of sp³-hybridized carbons (Fsp3) is 0.458. The molecule has 0 saturated carbocycles. The Hall–Kier alpha value is -2.69. The molecule has 0 aromatic heterocycles. The van der Waals surface area contributed by atoms with E-state index in [1.807, 2.05) is 0 Å². The van der Waals surface area contributed by atoms with Crippen molar-refractivity contribution < 1.29 is 14.6 Å². The molecule has 0 aliphatic carbocycles. The van der Waals surface area contributed by atoms with Crippen molar-refractivity contribution in [2.45, 2.75) is 44.6 Å². The molecule has 1 fully saturated rings. The maximum absolute atomic E-state index is 11.6. The van der Waals surface area contributed by atoms with Crippen LogP contribution in [-0.4, -0.2) is 48.9 Å². The second-order valence-corrected chi connectivity index (χ2v) is 8.82. The van der Waals surface area contributed by atoms with Gasteiger partial charge in [-0.2, -0.15) is 0 Å². The Balaban J connectivity index is 1.62. The van der Waals surface area contributed by atoms with E-state index in [2.05, 4.69) is 49.1 Å². The first-order chi connectivity index (χ1) is 14.0. The van der Waals surface area contributed by atoms with Gasteiger partial charge in [0.05, 0.1) is 7.11 Å². The first-order valence-corrected chi connectivity index (χ1v) is 10.6. The zero-order valence-corrected chi connectivity index (χ0v) is 17.3. The third kappa shape index (κ3) is 2.78. The monoisotopic (exact) mass is 392 g/mol. The highest BCUT2D eigenvalue weighted by Crippen LogP contribution is 2.51. The van der Waals surface area contributed by atoms with Crippen LogP contribution in [0.5, 0.6) is 5.75 Å². The zero-order valence-electron chi connectivity index (χ0n) is 17.3. The molecule has 1 amide bonds. The van der Waals surface area contributed by atoms with Gasteiger partial charge in [-0.05, 0) is 65.3 Å². The van der Waals surface area contributed by atoms with Crippen LogP contribution in [0.1, 0.15) is 48.8 Å². The van der Waals surface area contributed by atoms with E-state index in [1.54, 1.807) is 12.0 Å². The lowest BCUT2D eigenvalue weighted by Crippen LogP contribution is -2.47. The SMILES string of the molecule is COc1ccc(C(C)C)cc1-c1cc2c3c(c1)[C@@H]1CN(C(=O)O)CC[C@@H]1N3CC2. The molecular formula is C24H28N2O3. The fourth-order valence-electron chi connectivity index (χ4n) is 5.48. The van der Waals surface area contributed by atoms with Crippen LogP contribution in [0.3, 0.4) is 0 Å². The van der Waals surface area contributed by atoms with Gasteiger partial charge in [-0.15, -0.1) is 0 Å². The Morgan fingerprint density at radius 2 is 2.03 bits per heavy atom. The average molecular weight is 392 g/mol. The number of methoxy groups -OCH3 is 1. The van der Waals surface area contributed by atoms with Crippen molar-refractivity contribution in [3.63, 3.8) is 0 Å². The number of amides is 1. The molecule has 0 spiro atoms. The predicted octanol–water partition coefficient (Wildman–Crippen LogP) is 4.70. The van der Waals surface area contributed by atoms with Gasteiger partial charge in [0.2, 0.25) is 0 Å². The van der Waals surface area contributed by atoms with Crippen molar-refractivity contribution in [1.29, 1.82) is 0 Å². The minimum absolute atomic E-state index is 0.258. The minimum Gasteiger partial charge on any atom is -0.496 e. The molecule has 0 radical (unpaired) electrons. The molecule has 2 atom stereocenters. The predicted molar refractivity (Wildman–Crippen MR) is 114 cm³/mol. The summed E-state index contributed by atoms with van der Waals surface area (Å²) in [5.41, 5.74) is 7.70. The Labute approximate surface area is 171 Å². The van der Waals surface area contributed by atoms with E-state index < -0.39 is 6.09 Å². The molecule has 5 heteroatoms. The number of likely N-dealkylation sites (tertiary alicyclic amines) is 1. The number of fused-ring (bicyclic) bond motifs is 3. The summed E-state index contributed by atoms with van der Waals surface area (Å²) < 4.78 is 5.70. The Kier molecular flexibility index (Phi) is 4.23. The van der Waals surface area contributed by atoms with E-state index in [9.17, 15) is 9.90 Å². The average Bonchev–Trinajstić information content (AvgIpc) is 3.29. The highest BCUT2D eigenvalue weighted by Gasteiger charge is 2.46. The summed E-state index contributed by atoms with van der Waals surface area (Å²) in [4.78, 5) is 15.7.